The van der Waals surface area contributed by atoms with E-state index in [2.05, 4.69) is 56.8 Å². The van der Waals surface area contributed by atoms with E-state index in [1.54, 1.807) is 6.08 Å². The van der Waals surface area contributed by atoms with Crippen molar-refractivity contribution in [2.24, 2.45) is 0 Å². The van der Waals surface area contributed by atoms with Crippen LogP contribution in [-0.4, -0.2) is 0 Å². The Morgan fingerprint density at radius 2 is 1.58 bits per heavy atom. The lowest BCUT2D eigenvalue weighted by molar-refractivity contribution is 0.546. The van der Waals surface area contributed by atoms with Crippen LogP contribution in [0.5, 0.6) is 0 Å². The fraction of sp³-hybridized carbons (Fsp3) is 0.368. The molecule has 2 aromatic carbocycles. The van der Waals surface area contributed by atoms with Gasteiger partial charge in [-0.15, -0.1) is 6.58 Å². The van der Waals surface area contributed by atoms with Gasteiger partial charge in [0.2, 0.25) is 0 Å². The summed E-state index contributed by atoms with van der Waals surface area (Å²) >= 11 is 0. The first kappa shape index (κ1) is 15.5. The van der Waals surface area contributed by atoms with Gasteiger partial charge in [0, 0.05) is 0 Å². The van der Waals surface area contributed by atoms with Gasteiger partial charge in [-0.1, -0.05) is 70.2 Å². The molecule has 0 atom stereocenters. The first-order valence-corrected chi connectivity index (χ1v) is 7.18. The van der Waals surface area contributed by atoms with Gasteiger partial charge in [0.05, 0.1) is 0 Å². The van der Waals surface area contributed by atoms with Crippen LogP contribution in [-0.2, 0) is 11.8 Å². The van der Waals surface area contributed by atoms with Crippen molar-refractivity contribution in [3.8, 4) is 0 Å². The summed E-state index contributed by atoms with van der Waals surface area (Å²) < 4.78 is 0. The summed E-state index contributed by atoms with van der Waals surface area (Å²) in [6.45, 7) is 13.9. The Hall–Kier alpha value is -1.56. The number of benzene rings is 2. The normalized spacial score (nSPS) is 13.9. The second-order valence-corrected chi connectivity index (χ2v) is 5.29. The van der Waals surface area contributed by atoms with Crippen LogP contribution in [0.15, 0.2) is 49.1 Å². The van der Waals surface area contributed by atoms with E-state index in [1.807, 2.05) is 20.8 Å². The summed E-state index contributed by atoms with van der Waals surface area (Å²) in [6.07, 6.45) is 2.93. The molecule has 19 heavy (non-hydrogen) atoms. The summed E-state index contributed by atoms with van der Waals surface area (Å²) in [5, 5.41) is 2.89. The molecule has 1 aliphatic carbocycles. The van der Waals surface area contributed by atoms with Gasteiger partial charge in [-0.25, -0.2) is 0 Å². The number of rotatable bonds is 0. The fourth-order valence-corrected chi connectivity index (χ4v) is 2.70. The third-order valence-corrected chi connectivity index (χ3v) is 3.35. The van der Waals surface area contributed by atoms with Crippen LogP contribution in [0.25, 0.3) is 10.8 Å². The van der Waals surface area contributed by atoms with Crippen molar-refractivity contribution < 1.29 is 0 Å². The van der Waals surface area contributed by atoms with E-state index >= 15 is 0 Å². The largest absolute Gasteiger partial charge is 0.103 e. The Morgan fingerprint density at radius 3 is 2.16 bits per heavy atom. The minimum Gasteiger partial charge on any atom is -0.103 e. The van der Waals surface area contributed by atoms with Crippen molar-refractivity contribution in [1.82, 2.24) is 0 Å². The molecular weight excluding hydrogens is 228 g/mol. The zero-order valence-electron chi connectivity index (χ0n) is 13.0. The van der Waals surface area contributed by atoms with Gasteiger partial charge >= 0.3 is 0 Å². The maximum absolute atomic E-state index is 3.36. The quantitative estimate of drug-likeness (QED) is 0.514. The average Bonchev–Trinajstić information content (AvgIpc) is 2.67. The standard InChI is InChI=1S/C14H14.C3H6.C2H6/c1-14(2)9-11-7-3-5-10-6-4-8-12(14)13(10)11;1-3-2;1-2/h3-8H,9H2,1-2H3;3H,1H2,2H3;1-2H3. The molecule has 102 valence electrons. The van der Waals surface area contributed by atoms with Crippen LogP contribution in [0, 0.1) is 0 Å². The van der Waals surface area contributed by atoms with E-state index in [0.717, 1.165) is 0 Å². The predicted octanol–water partition coefficient (Wildman–Crippen LogP) is 5.89. The maximum Gasteiger partial charge on any atom is -0.00567 e. The molecule has 0 spiro atoms. The molecule has 0 heterocycles. The molecule has 0 radical (unpaired) electrons. The van der Waals surface area contributed by atoms with Crippen LogP contribution in [0.1, 0.15) is 45.7 Å². The second kappa shape index (κ2) is 6.56. The summed E-state index contributed by atoms with van der Waals surface area (Å²) in [6, 6.07) is 13.3. The molecule has 0 aromatic heterocycles. The van der Waals surface area contributed by atoms with Crippen molar-refractivity contribution in [2.75, 3.05) is 0 Å². The Labute approximate surface area is 118 Å². The van der Waals surface area contributed by atoms with E-state index in [-0.39, 0.29) is 0 Å². The number of allylic oxidation sites excluding steroid dienone is 1. The Morgan fingerprint density at radius 1 is 1.05 bits per heavy atom. The molecule has 1 aliphatic rings. The summed E-state index contributed by atoms with van der Waals surface area (Å²) in [7, 11) is 0. The van der Waals surface area contributed by atoms with Gasteiger partial charge in [0.15, 0.2) is 0 Å². The molecular formula is C19H26. The van der Waals surface area contributed by atoms with E-state index in [9.17, 15) is 0 Å². The highest BCUT2D eigenvalue weighted by atomic mass is 14.3. The van der Waals surface area contributed by atoms with Crippen molar-refractivity contribution in [1.29, 1.82) is 0 Å². The molecule has 0 saturated heterocycles. The molecule has 0 nitrogen and oxygen atoms in total. The summed E-state index contributed by atoms with van der Waals surface area (Å²) in [5.74, 6) is 0. The monoisotopic (exact) mass is 254 g/mol. The SMILES string of the molecule is C=CC.CC.CC1(C)Cc2cccc3cccc1c23. The van der Waals surface area contributed by atoms with Gasteiger partial charge in [-0.3, -0.25) is 0 Å². The van der Waals surface area contributed by atoms with Gasteiger partial charge in [-0.2, -0.15) is 0 Å². The summed E-state index contributed by atoms with van der Waals surface area (Å²) in [4.78, 5) is 0. The molecule has 0 unspecified atom stereocenters. The third-order valence-electron chi connectivity index (χ3n) is 3.35. The lowest BCUT2D eigenvalue weighted by Crippen LogP contribution is -2.14. The number of hydrogen-bond donors (Lipinski definition) is 0. The van der Waals surface area contributed by atoms with Crippen molar-refractivity contribution >= 4 is 10.8 Å². The third kappa shape index (κ3) is 3.07. The lowest BCUT2D eigenvalue weighted by Gasteiger charge is -2.18. The molecule has 3 rings (SSSR count). The topological polar surface area (TPSA) is 0 Å². The van der Waals surface area contributed by atoms with E-state index < -0.39 is 0 Å². The van der Waals surface area contributed by atoms with Crippen LogP contribution in [0.2, 0.25) is 0 Å². The smallest absolute Gasteiger partial charge is 0.00567 e. The first-order chi connectivity index (χ1) is 9.10. The van der Waals surface area contributed by atoms with Crippen LogP contribution >= 0.6 is 0 Å². The van der Waals surface area contributed by atoms with Gasteiger partial charge < -0.3 is 0 Å². The average molecular weight is 254 g/mol. The fourth-order valence-electron chi connectivity index (χ4n) is 2.70. The Kier molecular flexibility index (Phi) is 5.35. The maximum atomic E-state index is 3.36. The molecule has 0 bridgehead atoms. The van der Waals surface area contributed by atoms with Gasteiger partial charge in [-0.05, 0) is 40.7 Å². The van der Waals surface area contributed by atoms with Gasteiger partial charge in [0.25, 0.3) is 0 Å². The van der Waals surface area contributed by atoms with Crippen LogP contribution < -0.4 is 0 Å². The Bertz CT molecular complexity index is 542. The molecule has 0 aliphatic heterocycles. The highest BCUT2D eigenvalue weighted by Gasteiger charge is 2.30. The van der Waals surface area contributed by atoms with Crippen molar-refractivity contribution in [3.63, 3.8) is 0 Å². The van der Waals surface area contributed by atoms with E-state index in [0.29, 0.717) is 5.41 Å². The van der Waals surface area contributed by atoms with Crippen LogP contribution in [0.3, 0.4) is 0 Å². The lowest BCUT2D eigenvalue weighted by atomic mass is 9.86. The highest BCUT2D eigenvalue weighted by molar-refractivity contribution is 5.92. The number of hydrogen-bond acceptors (Lipinski definition) is 0. The predicted molar refractivity (Wildman–Crippen MR) is 87.9 cm³/mol. The Balaban J connectivity index is 0.000000321. The molecule has 0 N–H and O–H groups in total. The molecule has 0 fully saturated rings. The minimum atomic E-state index is 0.323. The van der Waals surface area contributed by atoms with Crippen LogP contribution in [0.4, 0.5) is 0 Å². The molecule has 0 amide bonds. The zero-order chi connectivity index (χ0) is 14.5. The van der Waals surface area contributed by atoms with E-state index in [1.165, 1.54) is 28.3 Å². The molecule has 2 aromatic rings. The second-order valence-electron chi connectivity index (χ2n) is 5.29. The highest BCUT2D eigenvalue weighted by Crippen LogP contribution is 2.41. The zero-order valence-corrected chi connectivity index (χ0v) is 13.0. The molecule has 0 heteroatoms. The van der Waals surface area contributed by atoms with Gasteiger partial charge in [0.1, 0.15) is 0 Å². The van der Waals surface area contributed by atoms with Crippen molar-refractivity contribution in [3.05, 3.63) is 60.2 Å². The van der Waals surface area contributed by atoms with E-state index in [4.69, 9.17) is 0 Å². The minimum absolute atomic E-state index is 0.323. The molecule has 0 saturated carbocycles. The first-order valence-electron chi connectivity index (χ1n) is 7.18. The van der Waals surface area contributed by atoms with Crippen molar-refractivity contribution in [2.45, 2.75) is 46.5 Å². The summed E-state index contributed by atoms with van der Waals surface area (Å²) in [5.41, 5.74) is 3.36.